The lowest BCUT2D eigenvalue weighted by molar-refractivity contribution is -0.00976. The van der Waals surface area contributed by atoms with E-state index in [0.717, 1.165) is 5.75 Å². The lowest BCUT2D eigenvalue weighted by Crippen LogP contribution is -2.41. The summed E-state index contributed by atoms with van der Waals surface area (Å²) in [6.07, 6.45) is 0. The summed E-state index contributed by atoms with van der Waals surface area (Å²) in [6, 6.07) is 8.07. The lowest BCUT2D eigenvalue weighted by Gasteiger charge is -2.37. The molecule has 76 valence electrons. The molecule has 0 N–H and O–H groups in total. The molecule has 1 saturated heterocycles. The number of rotatable bonds is 3. The van der Waals surface area contributed by atoms with Crippen LogP contribution in [0.15, 0.2) is 24.3 Å². The van der Waals surface area contributed by atoms with Crippen LogP contribution in [0.1, 0.15) is 12.5 Å². The van der Waals surface area contributed by atoms with Gasteiger partial charge in [0, 0.05) is 0 Å². The second kappa shape index (κ2) is 3.83. The fourth-order valence-corrected chi connectivity index (χ4v) is 1.83. The quantitative estimate of drug-likeness (QED) is 0.771. The van der Waals surface area contributed by atoms with Gasteiger partial charge in [0.2, 0.25) is 0 Å². The molecule has 1 fully saturated rings. The van der Waals surface area contributed by atoms with Crippen molar-refractivity contribution in [1.82, 2.24) is 0 Å². The van der Waals surface area contributed by atoms with Gasteiger partial charge < -0.3 is 9.47 Å². The summed E-state index contributed by atoms with van der Waals surface area (Å²) >= 11 is 4.60. The van der Waals surface area contributed by atoms with Crippen LogP contribution in [0.3, 0.4) is 0 Å². The van der Waals surface area contributed by atoms with Crippen molar-refractivity contribution in [1.29, 1.82) is 0 Å². The van der Waals surface area contributed by atoms with Gasteiger partial charge in [-0.1, -0.05) is 12.1 Å². The predicted molar refractivity (Wildman–Crippen MR) is 59.1 cm³/mol. The molecule has 14 heavy (non-hydrogen) atoms. The standard InChI is InChI=1S/C11H14O2S/c1-2-13-10-5-3-4-9(6-10)11(14)7-12-8-11/h3-6,14H,2,7-8H2,1H3. The smallest absolute Gasteiger partial charge is 0.119 e. The van der Waals surface area contributed by atoms with Gasteiger partial charge in [-0.05, 0) is 24.6 Å². The Morgan fingerprint density at radius 1 is 1.50 bits per heavy atom. The van der Waals surface area contributed by atoms with E-state index in [9.17, 15) is 0 Å². The zero-order valence-corrected chi connectivity index (χ0v) is 9.09. The Hall–Kier alpha value is -0.670. The third kappa shape index (κ3) is 1.74. The van der Waals surface area contributed by atoms with Gasteiger partial charge >= 0.3 is 0 Å². The van der Waals surface area contributed by atoms with Crippen LogP contribution in [0.5, 0.6) is 5.75 Å². The average molecular weight is 210 g/mol. The molecule has 0 atom stereocenters. The Morgan fingerprint density at radius 2 is 2.29 bits per heavy atom. The second-order valence-electron chi connectivity index (χ2n) is 3.49. The molecular formula is C11H14O2S. The molecule has 0 spiro atoms. The van der Waals surface area contributed by atoms with Crippen LogP contribution >= 0.6 is 12.6 Å². The fourth-order valence-electron chi connectivity index (χ4n) is 1.50. The second-order valence-corrected chi connectivity index (χ2v) is 4.34. The first-order chi connectivity index (χ1) is 6.74. The van der Waals surface area contributed by atoms with Gasteiger partial charge in [0.05, 0.1) is 24.6 Å². The molecule has 1 heterocycles. The topological polar surface area (TPSA) is 18.5 Å². The summed E-state index contributed by atoms with van der Waals surface area (Å²) in [6.45, 7) is 4.05. The van der Waals surface area contributed by atoms with Crippen molar-refractivity contribution in [2.45, 2.75) is 11.7 Å². The highest BCUT2D eigenvalue weighted by Gasteiger charge is 2.36. The van der Waals surface area contributed by atoms with E-state index in [4.69, 9.17) is 9.47 Å². The summed E-state index contributed by atoms with van der Waals surface area (Å²) in [5, 5.41) is 0. The molecule has 0 unspecified atom stereocenters. The van der Waals surface area contributed by atoms with E-state index >= 15 is 0 Å². The van der Waals surface area contributed by atoms with Crippen LogP contribution in [-0.4, -0.2) is 19.8 Å². The van der Waals surface area contributed by atoms with Crippen LogP contribution in [0.2, 0.25) is 0 Å². The minimum Gasteiger partial charge on any atom is -0.494 e. The minimum absolute atomic E-state index is 0.104. The molecule has 0 radical (unpaired) electrons. The summed E-state index contributed by atoms with van der Waals surface area (Å²) < 4.78 is 10.5. The maximum atomic E-state index is 5.44. The third-order valence-corrected chi connectivity index (χ3v) is 2.88. The molecule has 1 aliphatic heterocycles. The molecule has 1 aromatic rings. The van der Waals surface area contributed by atoms with Gasteiger partial charge in [-0.15, -0.1) is 0 Å². The van der Waals surface area contributed by atoms with Crippen molar-refractivity contribution in [2.75, 3.05) is 19.8 Å². The van der Waals surface area contributed by atoms with Crippen molar-refractivity contribution in [3.63, 3.8) is 0 Å². The maximum absolute atomic E-state index is 5.44. The van der Waals surface area contributed by atoms with Gasteiger partial charge in [0.1, 0.15) is 5.75 Å². The highest BCUT2D eigenvalue weighted by Crippen LogP contribution is 2.37. The molecule has 3 heteroatoms. The highest BCUT2D eigenvalue weighted by molar-refractivity contribution is 7.81. The van der Waals surface area contributed by atoms with Gasteiger partial charge in [-0.2, -0.15) is 12.6 Å². The molecule has 1 aromatic carbocycles. The van der Waals surface area contributed by atoms with E-state index in [1.165, 1.54) is 5.56 Å². The molecule has 1 aliphatic rings. The van der Waals surface area contributed by atoms with Crippen LogP contribution in [0, 0.1) is 0 Å². The Morgan fingerprint density at radius 3 is 2.86 bits per heavy atom. The fraction of sp³-hybridized carbons (Fsp3) is 0.455. The van der Waals surface area contributed by atoms with Gasteiger partial charge in [-0.3, -0.25) is 0 Å². The molecule has 0 aliphatic carbocycles. The zero-order chi connectivity index (χ0) is 10.0. The van der Waals surface area contributed by atoms with Crippen molar-refractivity contribution < 1.29 is 9.47 Å². The number of ether oxygens (including phenoxy) is 2. The summed E-state index contributed by atoms with van der Waals surface area (Å²) in [4.78, 5) is 0. The van der Waals surface area contributed by atoms with E-state index in [-0.39, 0.29) is 4.75 Å². The number of hydrogen-bond donors (Lipinski definition) is 1. The van der Waals surface area contributed by atoms with Crippen LogP contribution in [0.4, 0.5) is 0 Å². The monoisotopic (exact) mass is 210 g/mol. The van der Waals surface area contributed by atoms with E-state index in [2.05, 4.69) is 18.7 Å². The first kappa shape index (κ1) is 9.87. The number of thiol groups is 1. The van der Waals surface area contributed by atoms with Crippen molar-refractivity contribution in [3.05, 3.63) is 29.8 Å². The number of hydrogen-bond acceptors (Lipinski definition) is 3. The lowest BCUT2D eigenvalue weighted by atomic mass is 9.96. The number of benzene rings is 1. The molecule has 0 aromatic heterocycles. The SMILES string of the molecule is CCOc1cccc(C2(S)COC2)c1. The Labute approximate surface area is 89.6 Å². The summed E-state index contributed by atoms with van der Waals surface area (Å²) in [7, 11) is 0. The van der Waals surface area contributed by atoms with Crippen LogP contribution in [0.25, 0.3) is 0 Å². The Bertz CT molecular complexity index is 321. The maximum Gasteiger partial charge on any atom is 0.119 e. The first-order valence-electron chi connectivity index (χ1n) is 4.78. The van der Waals surface area contributed by atoms with Crippen LogP contribution < -0.4 is 4.74 Å². The zero-order valence-electron chi connectivity index (χ0n) is 8.19. The average Bonchev–Trinajstić information content (AvgIpc) is 2.15. The Kier molecular flexibility index (Phi) is 2.70. The van der Waals surface area contributed by atoms with E-state index in [0.29, 0.717) is 19.8 Å². The normalized spacial score (nSPS) is 18.7. The first-order valence-corrected chi connectivity index (χ1v) is 5.23. The largest absolute Gasteiger partial charge is 0.494 e. The predicted octanol–water partition coefficient (Wildman–Crippen LogP) is 2.24. The van der Waals surface area contributed by atoms with Gasteiger partial charge in [0.25, 0.3) is 0 Å². The molecule has 0 bridgehead atoms. The molecular weight excluding hydrogens is 196 g/mol. The molecule has 0 saturated carbocycles. The highest BCUT2D eigenvalue weighted by atomic mass is 32.1. The summed E-state index contributed by atoms with van der Waals surface area (Å²) in [5.74, 6) is 0.908. The molecule has 2 rings (SSSR count). The van der Waals surface area contributed by atoms with Crippen molar-refractivity contribution >= 4 is 12.6 Å². The van der Waals surface area contributed by atoms with E-state index in [1.54, 1.807) is 0 Å². The summed E-state index contributed by atoms with van der Waals surface area (Å²) in [5.41, 5.74) is 1.18. The molecule has 0 amide bonds. The van der Waals surface area contributed by atoms with Crippen LogP contribution in [-0.2, 0) is 9.48 Å². The van der Waals surface area contributed by atoms with Crippen molar-refractivity contribution in [3.8, 4) is 5.75 Å². The minimum atomic E-state index is -0.104. The Balaban J connectivity index is 2.21. The van der Waals surface area contributed by atoms with Gasteiger partial charge in [-0.25, -0.2) is 0 Å². The van der Waals surface area contributed by atoms with E-state index in [1.807, 2.05) is 25.1 Å². The third-order valence-electron chi connectivity index (χ3n) is 2.36. The van der Waals surface area contributed by atoms with Gasteiger partial charge in [0.15, 0.2) is 0 Å². The van der Waals surface area contributed by atoms with E-state index < -0.39 is 0 Å². The van der Waals surface area contributed by atoms with Crippen molar-refractivity contribution in [2.24, 2.45) is 0 Å². The molecule has 2 nitrogen and oxygen atoms in total.